The zero-order chi connectivity index (χ0) is 11.8. The third-order valence-electron chi connectivity index (χ3n) is 3.53. The van der Waals surface area contributed by atoms with E-state index in [4.69, 9.17) is 4.74 Å². The van der Waals surface area contributed by atoms with Gasteiger partial charge in [-0.05, 0) is 58.5 Å². The number of esters is 1. The number of carbonyl (C=O) groups is 1. The van der Waals surface area contributed by atoms with E-state index >= 15 is 0 Å². The minimum absolute atomic E-state index is 0.0196. The Hall–Kier alpha value is -0.570. The molecule has 92 valence electrons. The monoisotopic (exact) mass is 225 g/mol. The van der Waals surface area contributed by atoms with E-state index in [1.54, 1.807) is 0 Å². The van der Waals surface area contributed by atoms with Gasteiger partial charge in [-0.2, -0.15) is 0 Å². The van der Waals surface area contributed by atoms with E-state index in [0.29, 0.717) is 11.8 Å². The highest BCUT2D eigenvalue weighted by Crippen LogP contribution is 2.50. The Morgan fingerprint density at radius 1 is 1.25 bits per heavy atom. The lowest BCUT2D eigenvalue weighted by Crippen LogP contribution is -2.26. The lowest BCUT2D eigenvalue weighted by Gasteiger charge is -2.19. The van der Waals surface area contributed by atoms with Crippen molar-refractivity contribution in [2.24, 2.45) is 17.8 Å². The van der Waals surface area contributed by atoms with Gasteiger partial charge in [-0.15, -0.1) is 0 Å². The first kappa shape index (κ1) is 11.9. The third-order valence-corrected chi connectivity index (χ3v) is 3.53. The van der Waals surface area contributed by atoms with E-state index in [0.717, 1.165) is 13.1 Å². The number of ether oxygens (including phenoxy) is 1. The SMILES string of the molecule is CC(C)(C)OC(=O)C1C2CCCCNCC21. The molecule has 3 nitrogen and oxygen atoms in total. The first-order chi connectivity index (χ1) is 7.49. The van der Waals surface area contributed by atoms with Gasteiger partial charge in [-0.3, -0.25) is 4.79 Å². The highest BCUT2D eigenvalue weighted by atomic mass is 16.6. The number of hydrogen-bond donors (Lipinski definition) is 1. The summed E-state index contributed by atoms with van der Waals surface area (Å²) >= 11 is 0. The van der Waals surface area contributed by atoms with Crippen molar-refractivity contribution in [3.63, 3.8) is 0 Å². The molecule has 2 aliphatic rings. The molecule has 2 fully saturated rings. The molecule has 0 radical (unpaired) electrons. The average molecular weight is 225 g/mol. The van der Waals surface area contributed by atoms with Crippen molar-refractivity contribution < 1.29 is 9.53 Å². The van der Waals surface area contributed by atoms with Crippen molar-refractivity contribution in [3.8, 4) is 0 Å². The van der Waals surface area contributed by atoms with Crippen LogP contribution in [0.2, 0.25) is 0 Å². The third kappa shape index (κ3) is 2.76. The Kier molecular flexibility index (Phi) is 3.24. The molecule has 1 N–H and O–H groups in total. The van der Waals surface area contributed by atoms with E-state index in [2.05, 4.69) is 5.32 Å². The van der Waals surface area contributed by atoms with Crippen molar-refractivity contribution >= 4 is 5.97 Å². The maximum absolute atomic E-state index is 12.0. The number of nitrogens with one attached hydrogen (secondary N) is 1. The molecule has 1 saturated heterocycles. The van der Waals surface area contributed by atoms with Crippen LogP contribution in [-0.4, -0.2) is 24.7 Å². The molecule has 0 bridgehead atoms. The molecule has 1 heterocycles. The molecule has 3 atom stereocenters. The number of hydrogen-bond acceptors (Lipinski definition) is 3. The summed E-state index contributed by atoms with van der Waals surface area (Å²) in [4.78, 5) is 12.0. The van der Waals surface area contributed by atoms with Crippen molar-refractivity contribution in [2.75, 3.05) is 13.1 Å². The van der Waals surface area contributed by atoms with Crippen LogP contribution in [0.25, 0.3) is 0 Å². The highest BCUT2D eigenvalue weighted by Gasteiger charge is 2.55. The van der Waals surface area contributed by atoms with Gasteiger partial charge in [0.05, 0.1) is 5.92 Å². The highest BCUT2D eigenvalue weighted by molar-refractivity contribution is 5.77. The van der Waals surface area contributed by atoms with E-state index in [-0.39, 0.29) is 17.5 Å². The Labute approximate surface area is 97.9 Å². The molecular weight excluding hydrogens is 202 g/mol. The molecule has 3 unspecified atom stereocenters. The second-order valence-electron chi connectivity index (χ2n) is 6.09. The minimum Gasteiger partial charge on any atom is -0.460 e. The van der Waals surface area contributed by atoms with Gasteiger partial charge in [0, 0.05) is 0 Å². The van der Waals surface area contributed by atoms with Gasteiger partial charge >= 0.3 is 5.97 Å². The van der Waals surface area contributed by atoms with Crippen LogP contribution in [0, 0.1) is 17.8 Å². The largest absolute Gasteiger partial charge is 0.460 e. The first-order valence-electron chi connectivity index (χ1n) is 6.42. The van der Waals surface area contributed by atoms with Crippen LogP contribution >= 0.6 is 0 Å². The van der Waals surface area contributed by atoms with Crippen LogP contribution in [0.3, 0.4) is 0 Å². The van der Waals surface area contributed by atoms with Crippen molar-refractivity contribution in [1.82, 2.24) is 5.32 Å². The molecular formula is C13H23NO2. The zero-order valence-electron chi connectivity index (χ0n) is 10.6. The molecule has 3 heteroatoms. The minimum atomic E-state index is -0.345. The molecule has 0 spiro atoms. The van der Waals surface area contributed by atoms with Gasteiger partial charge in [0.25, 0.3) is 0 Å². The summed E-state index contributed by atoms with van der Waals surface area (Å²) in [5.74, 6) is 1.31. The number of fused-ring (bicyclic) bond motifs is 1. The van der Waals surface area contributed by atoms with Crippen LogP contribution < -0.4 is 5.32 Å². The summed E-state index contributed by atoms with van der Waals surface area (Å²) in [6.45, 7) is 7.91. The zero-order valence-corrected chi connectivity index (χ0v) is 10.6. The average Bonchev–Trinajstić information content (AvgIpc) is 2.73. The van der Waals surface area contributed by atoms with Crippen LogP contribution in [-0.2, 0) is 9.53 Å². The molecule has 0 aromatic rings. The van der Waals surface area contributed by atoms with Gasteiger partial charge < -0.3 is 10.1 Å². The van der Waals surface area contributed by atoms with Gasteiger partial charge in [-0.25, -0.2) is 0 Å². The summed E-state index contributed by atoms with van der Waals surface area (Å²) in [7, 11) is 0. The maximum atomic E-state index is 12.0. The maximum Gasteiger partial charge on any atom is 0.310 e. The summed E-state index contributed by atoms with van der Waals surface area (Å²) in [6.07, 6.45) is 3.69. The van der Waals surface area contributed by atoms with E-state index in [1.807, 2.05) is 20.8 Å². The molecule has 1 aliphatic heterocycles. The summed E-state index contributed by atoms with van der Waals surface area (Å²) in [5, 5.41) is 3.42. The first-order valence-corrected chi connectivity index (χ1v) is 6.42. The molecule has 0 aromatic heterocycles. The lowest BCUT2D eigenvalue weighted by molar-refractivity contribution is -0.157. The van der Waals surface area contributed by atoms with Crippen molar-refractivity contribution in [2.45, 2.75) is 45.6 Å². The Balaban J connectivity index is 1.89. The normalized spacial score (nSPS) is 34.6. The Morgan fingerprint density at radius 3 is 2.69 bits per heavy atom. The Bertz CT molecular complexity index is 256. The summed E-state index contributed by atoms with van der Waals surface area (Å²) in [6, 6.07) is 0. The van der Waals surface area contributed by atoms with E-state index in [1.165, 1.54) is 19.3 Å². The van der Waals surface area contributed by atoms with Crippen molar-refractivity contribution in [1.29, 1.82) is 0 Å². The van der Waals surface area contributed by atoms with Crippen LogP contribution in [0.4, 0.5) is 0 Å². The quantitative estimate of drug-likeness (QED) is 0.693. The molecule has 16 heavy (non-hydrogen) atoms. The van der Waals surface area contributed by atoms with Crippen molar-refractivity contribution in [3.05, 3.63) is 0 Å². The molecule has 1 aliphatic carbocycles. The topological polar surface area (TPSA) is 38.3 Å². The van der Waals surface area contributed by atoms with Gasteiger partial charge in [0.2, 0.25) is 0 Å². The molecule has 2 rings (SSSR count). The molecule has 0 amide bonds. The van der Waals surface area contributed by atoms with Gasteiger partial charge in [0.15, 0.2) is 0 Å². The van der Waals surface area contributed by atoms with E-state index in [9.17, 15) is 4.79 Å². The predicted octanol–water partition coefficient (Wildman–Crippen LogP) is 1.96. The molecule has 0 aromatic carbocycles. The predicted molar refractivity (Wildman–Crippen MR) is 63.0 cm³/mol. The number of rotatable bonds is 1. The summed E-state index contributed by atoms with van der Waals surface area (Å²) < 4.78 is 5.47. The standard InChI is InChI=1S/C13H23NO2/c1-13(2,3)16-12(15)11-9-6-4-5-7-14-8-10(9)11/h9-11,14H,4-8H2,1-3H3. The summed E-state index contributed by atoms with van der Waals surface area (Å²) in [5.41, 5.74) is -0.345. The lowest BCUT2D eigenvalue weighted by atomic mass is 10.1. The van der Waals surface area contributed by atoms with Crippen LogP contribution in [0.1, 0.15) is 40.0 Å². The van der Waals surface area contributed by atoms with E-state index < -0.39 is 0 Å². The van der Waals surface area contributed by atoms with Crippen LogP contribution in [0.15, 0.2) is 0 Å². The van der Waals surface area contributed by atoms with Gasteiger partial charge in [0.1, 0.15) is 5.60 Å². The second kappa shape index (κ2) is 4.36. The van der Waals surface area contributed by atoms with Crippen LogP contribution in [0.5, 0.6) is 0 Å². The fraction of sp³-hybridized carbons (Fsp3) is 0.923. The number of carbonyl (C=O) groups excluding carboxylic acids is 1. The fourth-order valence-electron chi connectivity index (χ4n) is 2.74. The second-order valence-corrected chi connectivity index (χ2v) is 6.09. The smallest absolute Gasteiger partial charge is 0.310 e. The fourth-order valence-corrected chi connectivity index (χ4v) is 2.74. The molecule has 1 saturated carbocycles. The van der Waals surface area contributed by atoms with Gasteiger partial charge in [-0.1, -0.05) is 6.42 Å². The Morgan fingerprint density at radius 2 is 2.00 bits per heavy atom.